The van der Waals surface area contributed by atoms with Crippen LogP contribution < -0.4 is 5.73 Å². The molecule has 0 aliphatic carbocycles. The Kier molecular flexibility index (Phi) is 3.01. The summed E-state index contributed by atoms with van der Waals surface area (Å²) in [7, 11) is 0. The minimum atomic E-state index is -0.942. The van der Waals surface area contributed by atoms with Crippen LogP contribution in [0.25, 0.3) is 11.1 Å². The van der Waals surface area contributed by atoms with Crippen LogP contribution >= 0.6 is 0 Å². The molecule has 0 unspecified atom stereocenters. The summed E-state index contributed by atoms with van der Waals surface area (Å²) in [5, 5.41) is 9.03. The van der Waals surface area contributed by atoms with Crippen LogP contribution in [0.5, 0.6) is 0 Å². The van der Waals surface area contributed by atoms with Crippen molar-refractivity contribution >= 4 is 5.82 Å². The normalized spacial score (nSPS) is 10.5. The molecule has 0 fully saturated rings. The fourth-order valence-corrected chi connectivity index (χ4v) is 1.52. The van der Waals surface area contributed by atoms with E-state index >= 15 is 0 Å². The number of benzene rings is 1. The van der Waals surface area contributed by atoms with Crippen LogP contribution in [0.1, 0.15) is 5.56 Å². The molecule has 0 atom stereocenters. The Morgan fingerprint density at radius 3 is 2.76 bits per heavy atom. The first-order valence-corrected chi connectivity index (χ1v) is 4.93. The van der Waals surface area contributed by atoms with E-state index in [0.29, 0.717) is 11.1 Å². The molecular weight excluding hydrogens is 226 g/mol. The number of hydrogen-bond acceptors (Lipinski definition) is 3. The summed E-state index contributed by atoms with van der Waals surface area (Å²) in [6, 6.07) is 5.37. The lowest BCUT2D eigenvalue weighted by Gasteiger charge is -2.07. The molecule has 1 aromatic carbocycles. The first kappa shape index (κ1) is 11.5. The Morgan fingerprint density at radius 2 is 2.06 bits per heavy atom. The van der Waals surface area contributed by atoms with Crippen LogP contribution in [-0.4, -0.2) is 10.1 Å². The molecule has 0 aliphatic rings. The summed E-state index contributed by atoms with van der Waals surface area (Å²) >= 11 is 0. The highest BCUT2D eigenvalue weighted by atomic mass is 19.2. The molecule has 88 valence electrons. The summed E-state index contributed by atoms with van der Waals surface area (Å²) < 4.78 is 26.6. The second-order valence-corrected chi connectivity index (χ2v) is 3.53. The summed E-state index contributed by atoms with van der Waals surface area (Å²) in [4.78, 5) is 3.83. The SMILES string of the molecule is Nc1ncc(-c2cccc(F)c2F)cc1CO. The lowest BCUT2D eigenvalue weighted by atomic mass is 10.0. The lowest BCUT2D eigenvalue weighted by molar-refractivity contribution is 0.282. The van der Waals surface area contributed by atoms with E-state index in [1.54, 1.807) is 0 Å². The van der Waals surface area contributed by atoms with E-state index in [1.165, 1.54) is 24.4 Å². The maximum Gasteiger partial charge on any atom is 0.166 e. The maximum absolute atomic E-state index is 13.5. The average Bonchev–Trinajstić information content (AvgIpc) is 2.34. The molecule has 0 amide bonds. The molecule has 0 aliphatic heterocycles. The van der Waals surface area contributed by atoms with Gasteiger partial charge in [-0.3, -0.25) is 0 Å². The zero-order valence-corrected chi connectivity index (χ0v) is 8.82. The largest absolute Gasteiger partial charge is 0.392 e. The van der Waals surface area contributed by atoms with Gasteiger partial charge in [0.1, 0.15) is 5.82 Å². The van der Waals surface area contributed by atoms with Crippen LogP contribution in [0.4, 0.5) is 14.6 Å². The van der Waals surface area contributed by atoms with E-state index in [2.05, 4.69) is 4.98 Å². The highest BCUT2D eigenvalue weighted by Crippen LogP contribution is 2.25. The Balaban J connectivity index is 2.57. The van der Waals surface area contributed by atoms with Crippen molar-refractivity contribution in [2.24, 2.45) is 0 Å². The van der Waals surface area contributed by atoms with Crippen LogP contribution in [0, 0.1) is 11.6 Å². The number of aliphatic hydroxyl groups excluding tert-OH is 1. The minimum absolute atomic E-state index is 0.0900. The summed E-state index contributed by atoms with van der Waals surface area (Å²) in [6.45, 7) is -0.302. The average molecular weight is 236 g/mol. The van der Waals surface area contributed by atoms with Gasteiger partial charge in [-0.1, -0.05) is 12.1 Å². The minimum Gasteiger partial charge on any atom is -0.392 e. The van der Waals surface area contributed by atoms with E-state index in [0.717, 1.165) is 6.07 Å². The number of anilines is 1. The molecule has 17 heavy (non-hydrogen) atoms. The number of halogens is 2. The Hall–Kier alpha value is -2.01. The molecule has 0 bridgehead atoms. The molecule has 0 saturated carbocycles. The van der Waals surface area contributed by atoms with Crippen molar-refractivity contribution in [2.45, 2.75) is 6.61 Å². The molecule has 0 saturated heterocycles. The first-order valence-electron chi connectivity index (χ1n) is 4.93. The number of nitrogens with zero attached hydrogens (tertiary/aromatic N) is 1. The third-order valence-corrected chi connectivity index (χ3v) is 2.43. The lowest BCUT2D eigenvalue weighted by Crippen LogP contribution is -1.99. The number of pyridine rings is 1. The van der Waals surface area contributed by atoms with Crippen molar-refractivity contribution < 1.29 is 13.9 Å². The van der Waals surface area contributed by atoms with Gasteiger partial charge in [-0.2, -0.15) is 0 Å². The zero-order valence-electron chi connectivity index (χ0n) is 8.82. The van der Waals surface area contributed by atoms with Crippen LogP contribution in [0.15, 0.2) is 30.5 Å². The highest BCUT2D eigenvalue weighted by Gasteiger charge is 2.11. The topological polar surface area (TPSA) is 59.1 Å². The van der Waals surface area contributed by atoms with Crippen molar-refractivity contribution in [3.8, 4) is 11.1 Å². The van der Waals surface area contributed by atoms with Crippen molar-refractivity contribution in [1.29, 1.82) is 0 Å². The van der Waals surface area contributed by atoms with Gasteiger partial charge in [-0.25, -0.2) is 13.8 Å². The molecule has 0 spiro atoms. The van der Waals surface area contributed by atoms with E-state index in [1.807, 2.05) is 0 Å². The van der Waals surface area contributed by atoms with Gasteiger partial charge in [-0.05, 0) is 12.1 Å². The standard InChI is InChI=1S/C12H10F2N2O/c13-10-3-1-2-9(11(10)14)7-4-8(6-17)12(15)16-5-7/h1-5,17H,6H2,(H2,15,16). The number of hydrogen-bond donors (Lipinski definition) is 2. The second kappa shape index (κ2) is 4.47. The zero-order chi connectivity index (χ0) is 12.4. The predicted octanol–water partition coefficient (Wildman–Crippen LogP) is 2.10. The number of nitrogen functional groups attached to an aromatic ring is 1. The molecule has 5 heteroatoms. The van der Waals surface area contributed by atoms with Gasteiger partial charge in [0.15, 0.2) is 11.6 Å². The van der Waals surface area contributed by atoms with Gasteiger partial charge in [0.2, 0.25) is 0 Å². The first-order chi connectivity index (χ1) is 8.13. The van der Waals surface area contributed by atoms with Gasteiger partial charge in [0.05, 0.1) is 6.61 Å². The number of rotatable bonds is 2. The second-order valence-electron chi connectivity index (χ2n) is 3.53. The number of nitrogens with two attached hydrogens (primary N) is 1. The fourth-order valence-electron chi connectivity index (χ4n) is 1.52. The Morgan fingerprint density at radius 1 is 1.29 bits per heavy atom. The van der Waals surface area contributed by atoms with Crippen molar-refractivity contribution in [3.05, 3.63) is 47.7 Å². The van der Waals surface area contributed by atoms with Gasteiger partial charge in [0, 0.05) is 22.9 Å². The van der Waals surface area contributed by atoms with Crippen LogP contribution in [0.2, 0.25) is 0 Å². The fraction of sp³-hybridized carbons (Fsp3) is 0.0833. The molecule has 1 aromatic heterocycles. The summed E-state index contributed by atoms with van der Waals surface area (Å²) in [5.41, 5.74) is 6.35. The van der Waals surface area contributed by atoms with E-state index in [9.17, 15) is 8.78 Å². The van der Waals surface area contributed by atoms with Crippen LogP contribution in [0.3, 0.4) is 0 Å². The number of aromatic nitrogens is 1. The van der Waals surface area contributed by atoms with Gasteiger partial charge in [0.25, 0.3) is 0 Å². The van der Waals surface area contributed by atoms with E-state index in [4.69, 9.17) is 10.8 Å². The Bertz CT molecular complexity index is 558. The molecule has 2 rings (SSSR count). The molecular formula is C12H10F2N2O. The van der Waals surface area contributed by atoms with Crippen LogP contribution in [-0.2, 0) is 6.61 Å². The van der Waals surface area contributed by atoms with Crippen molar-refractivity contribution in [3.63, 3.8) is 0 Å². The summed E-state index contributed by atoms with van der Waals surface area (Å²) in [6.07, 6.45) is 1.34. The molecule has 2 aromatic rings. The number of aliphatic hydroxyl groups is 1. The van der Waals surface area contributed by atoms with E-state index < -0.39 is 11.6 Å². The quantitative estimate of drug-likeness (QED) is 0.839. The smallest absolute Gasteiger partial charge is 0.166 e. The van der Waals surface area contributed by atoms with Gasteiger partial charge in [-0.15, -0.1) is 0 Å². The summed E-state index contributed by atoms with van der Waals surface area (Å²) in [5.74, 6) is -1.69. The van der Waals surface area contributed by atoms with Gasteiger partial charge >= 0.3 is 0 Å². The molecule has 1 heterocycles. The monoisotopic (exact) mass is 236 g/mol. The highest BCUT2D eigenvalue weighted by molar-refractivity contribution is 5.65. The third kappa shape index (κ3) is 2.09. The van der Waals surface area contributed by atoms with Gasteiger partial charge < -0.3 is 10.8 Å². The van der Waals surface area contributed by atoms with Crippen molar-refractivity contribution in [1.82, 2.24) is 4.98 Å². The Labute approximate surface area is 96.5 Å². The van der Waals surface area contributed by atoms with E-state index in [-0.39, 0.29) is 18.0 Å². The predicted molar refractivity (Wildman–Crippen MR) is 59.9 cm³/mol. The maximum atomic E-state index is 13.5. The molecule has 3 nitrogen and oxygen atoms in total. The van der Waals surface area contributed by atoms with Crippen molar-refractivity contribution in [2.75, 3.05) is 5.73 Å². The third-order valence-electron chi connectivity index (χ3n) is 2.43. The molecule has 3 N–H and O–H groups in total. The molecule has 0 radical (unpaired) electrons.